The van der Waals surface area contributed by atoms with Crippen LogP contribution in [0, 0.1) is 11.3 Å². The van der Waals surface area contributed by atoms with Crippen molar-refractivity contribution in [1.82, 2.24) is 5.32 Å². The molecule has 1 saturated carbocycles. The van der Waals surface area contributed by atoms with Gasteiger partial charge in [0, 0.05) is 5.69 Å². The molecule has 1 aromatic rings. The molecule has 0 unspecified atom stereocenters. The summed E-state index contributed by atoms with van der Waals surface area (Å²) in [5.74, 6) is -1.21. The summed E-state index contributed by atoms with van der Waals surface area (Å²) in [6.45, 7) is 1.44. The first-order chi connectivity index (χ1) is 13.0. The van der Waals surface area contributed by atoms with Gasteiger partial charge in [-0.2, -0.15) is 5.26 Å². The second-order valence-corrected chi connectivity index (χ2v) is 6.31. The summed E-state index contributed by atoms with van der Waals surface area (Å²) in [6, 6.07) is 8.28. The third-order valence-electron chi connectivity index (χ3n) is 4.25. The highest BCUT2D eigenvalue weighted by Gasteiger charge is 2.33. The standard InChI is InChI=1S/C19H23N3O5/c1-2-26-18(25)21-15-8-6-7-14(11-15)17(24)27-12-16(23)22-19(13-20)9-4-3-5-10-19/h6-8,11H,2-5,9-10,12H2,1H3,(H,21,25)(H,22,23). The molecule has 1 fully saturated rings. The van der Waals surface area contributed by atoms with Gasteiger partial charge in [0.2, 0.25) is 0 Å². The Hall–Kier alpha value is -3.08. The largest absolute Gasteiger partial charge is 0.452 e. The van der Waals surface area contributed by atoms with E-state index in [0.717, 1.165) is 19.3 Å². The molecular formula is C19H23N3O5. The quantitative estimate of drug-likeness (QED) is 0.740. The molecule has 2 amide bonds. The number of carbonyl (C=O) groups excluding carboxylic acids is 3. The first-order valence-electron chi connectivity index (χ1n) is 8.91. The number of nitrogens with zero attached hydrogens (tertiary/aromatic N) is 1. The Kier molecular flexibility index (Phi) is 7.17. The lowest BCUT2D eigenvalue weighted by atomic mass is 9.83. The second-order valence-electron chi connectivity index (χ2n) is 6.31. The highest BCUT2D eigenvalue weighted by molar-refractivity contribution is 5.93. The molecule has 0 bridgehead atoms. The molecule has 0 spiro atoms. The minimum Gasteiger partial charge on any atom is -0.452 e. The minimum atomic E-state index is -0.870. The lowest BCUT2D eigenvalue weighted by molar-refractivity contribution is -0.125. The number of nitriles is 1. The van der Waals surface area contributed by atoms with Crippen molar-refractivity contribution < 1.29 is 23.9 Å². The number of carbonyl (C=O) groups is 3. The van der Waals surface area contributed by atoms with Gasteiger partial charge in [-0.3, -0.25) is 10.1 Å². The summed E-state index contributed by atoms with van der Waals surface area (Å²) < 4.78 is 9.80. The molecule has 2 rings (SSSR count). The molecule has 0 atom stereocenters. The van der Waals surface area contributed by atoms with Crippen LogP contribution in [-0.4, -0.2) is 36.7 Å². The van der Waals surface area contributed by atoms with Gasteiger partial charge in [0.1, 0.15) is 5.54 Å². The van der Waals surface area contributed by atoms with Gasteiger partial charge in [0.15, 0.2) is 6.61 Å². The van der Waals surface area contributed by atoms with Gasteiger partial charge in [0.05, 0.1) is 18.2 Å². The molecule has 0 saturated heterocycles. The van der Waals surface area contributed by atoms with Gasteiger partial charge in [-0.25, -0.2) is 9.59 Å². The zero-order valence-electron chi connectivity index (χ0n) is 15.2. The van der Waals surface area contributed by atoms with Gasteiger partial charge in [-0.15, -0.1) is 0 Å². The fourth-order valence-electron chi connectivity index (χ4n) is 2.95. The molecule has 1 aromatic carbocycles. The lowest BCUT2D eigenvalue weighted by Crippen LogP contribution is -2.50. The number of rotatable bonds is 6. The zero-order chi connectivity index (χ0) is 19.7. The summed E-state index contributed by atoms with van der Waals surface area (Å²) in [7, 11) is 0. The Morgan fingerprint density at radius 3 is 2.59 bits per heavy atom. The number of ether oxygens (including phenoxy) is 2. The van der Waals surface area contributed by atoms with Crippen LogP contribution in [-0.2, 0) is 14.3 Å². The number of benzene rings is 1. The molecule has 2 N–H and O–H groups in total. The van der Waals surface area contributed by atoms with E-state index in [1.165, 1.54) is 12.1 Å². The monoisotopic (exact) mass is 373 g/mol. The van der Waals surface area contributed by atoms with Crippen LogP contribution >= 0.6 is 0 Å². The van der Waals surface area contributed by atoms with E-state index in [9.17, 15) is 19.6 Å². The van der Waals surface area contributed by atoms with Crippen molar-refractivity contribution in [2.45, 2.75) is 44.6 Å². The second kappa shape index (κ2) is 9.57. The number of nitrogens with one attached hydrogen (secondary N) is 2. The summed E-state index contributed by atoms with van der Waals surface area (Å²) >= 11 is 0. The topological polar surface area (TPSA) is 118 Å². The Labute approximate surface area is 157 Å². The van der Waals surface area contributed by atoms with Crippen LogP contribution in [0.5, 0.6) is 0 Å². The van der Waals surface area contributed by atoms with Crippen molar-refractivity contribution in [3.63, 3.8) is 0 Å². The summed E-state index contributed by atoms with van der Waals surface area (Å²) in [4.78, 5) is 35.7. The fraction of sp³-hybridized carbons (Fsp3) is 0.474. The Morgan fingerprint density at radius 2 is 1.93 bits per heavy atom. The van der Waals surface area contributed by atoms with Crippen molar-refractivity contribution in [3.05, 3.63) is 29.8 Å². The maximum absolute atomic E-state index is 12.1. The molecule has 8 heteroatoms. The fourth-order valence-corrected chi connectivity index (χ4v) is 2.95. The van der Waals surface area contributed by atoms with Crippen LogP contribution in [0.3, 0.4) is 0 Å². The number of esters is 1. The normalized spacial score (nSPS) is 15.1. The Bertz CT molecular complexity index is 735. The van der Waals surface area contributed by atoms with Gasteiger partial charge < -0.3 is 14.8 Å². The number of hydrogen-bond acceptors (Lipinski definition) is 6. The highest BCUT2D eigenvalue weighted by atomic mass is 16.5. The molecular weight excluding hydrogens is 350 g/mol. The van der Waals surface area contributed by atoms with Crippen LogP contribution in [0.15, 0.2) is 24.3 Å². The number of hydrogen-bond donors (Lipinski definition) is 2. The molecule has 0 aliphatic heterocycles. The summed E-state index contributed by atoms with van der Waals surface area (Å²) in [5, 5.41) is 14.5. The van der Waals surface area contributed by atoms with E-state index in [0.29, 0.717) is 18.5 Å². The van der Waals surface area contributed by atoms with Crippen molar-refractivity contribution >= 4 is 23.7 Å². The van der Waals surface area contributed by atoms with Crippen LogP contribution in [0.4, 0.5) is 10.5 Å². The molecule has 0 heterocycles. The smallest absolute Gasteiger partial charge is 0.411 e. The van der Waals surface area contributed by atoms with E-state index in [4.69, 9.17) is 9.47 Å². The third kappa shape index (κ3) is 5.99. The van der Waals surface area contributed by atoms with Crippen molar-refractivity contribution in [2.24, 2.45) is 0 Å². The van der Waals surface area contributed by atoms with Crippen LogP contribution in [0.1, 0.15) is 49.4 Å². The van der Waals surface area contributed by atoms with E-state index in [-0.39, 0.29) is 12.2 Å². The third-order valence-corrected chi connectivity index (χ3v) is 4.25. The summed E-state index contributed by atoms with van der Waals surface area (Å²) in [5.41, 5.74) is -0.312. The first-order valence-corrected chi connectivity index (χ1v) is 8.91. The maximum atomic E-state index is 12.1. The van der Waals surface area contributed by atoms with E-state index in [1.807, 2.05) is 0 Å². The Balaban J connectivity index is 1.88. The van der Waals surface area contributed by atoms with Crippen LogP contribution < -0.4 is 10.6 Å². The minimum absolute atomic E-state index is 0.185. The predicted molar refractivity (Wildman–Crippen MR) is 96.9 cm³/mol. The van der Waals surface area contributed by atoms with E-state index < -0.39 is 30.1 Å². The van der Waals surface area contributed by atoms with Crippen molar-refractivity contribution in [3.8, 4) is 6.07 Å². The van der Waals surface area contributed by atoms with Gasteiger partial charge in [-0.1, -0.05) is 25.3 Å². The summed E-state index contributed by atoms with van der Waals surface area (Å²) in [6.07, 6.45) is 3.39. The zero-order valence-corrected chi connectivity index (χ0v) is 15.2. The number of anilines is 1. The average Bonchev–Trinajstić information content (AvgIpc) is 2.67. The predicted octanol–water partition coefficient (Wildman–Crippen LogP) is 2.75. The maximum Gasteiger partial charge on any atom is 0.411 e. The Morgan fingerprint density at radius 1 is 1.19 bits per heavy atom. The average molecular weight is 373 g/mol. The molecule has 8 nitrogen and oxygen atoms in total. The molecule has 1 aliphatic rings. The van der Waals surface area contributed by atoms with Gasteiger partial charge in [0.25, 0.3) is 5.91 Å². The number of amides is 2. The van der Waals surface area contributed by atoms with E-state index in [1.54, 1.807) is 19.1 Å². The SMILES string of the molecule is CCOC(=O)Nc1cccc(C(=O)OCC(=O)NC2(C#N)CCCCC2)c1. The first kappa shape index (κ1) is 20.2. The molecule has 0 aromatic heterocycles. The van der Waals surface area contributed by atoms with Gasteiger partial charge in [-0.05, 0) is 38.0 Å². The van der Waals surface area contributed by atoms with Crippen LogP contribution in [0.2, 0.25) is 0 Å². The molecule has 1 aliphatic carbocycles. The van der Waals surface area contributed by atoms with Gasteiger partial charge >= 0.3 is 12.1 Å². The van der Waals surface area contributed by atoms with Crippen molar-refractivity contribution in [2.75, 3.05) is 18.5 Å². The van der Waals surface area contributed by atoms with Crippen molar-refractivity contribution in [1.29, 1.82) is 5.26 Å². The van der Waals surface area contributed by atoms with Crippen LogP contribution in [0.25, 0.3) is 0 Å². The molecule has 27 heavy (non-hydrogen) atoms. The van der Waals surface area contributed by atoms with E-state index in [2.05, 4.69) is 16.7 Å². The highest BCUT2D eigenvalue weighted by Crippen LogP contribution is 2.27. The lowest BCUT2D eigenvalue weighted by Gasteiger charge is -2.31. The molecule has 144 valence electrons. The molecule has 0 radical (unpaired) electrons. The van der Waals surface area contributed by atoms with E-state index >= 15 is 0 Å².